The quantitative estimate of drug-likeness (QED) is 0.323. The molecule has 32 heavy (non-hydrogen) atoms. The first-order valence-corrected chi connectivity index (χ1v) is 10.9. The number of ether oxygens (including phenoxy) is 1. The molecule has 0 spiro atoms. The molecule has 3 rings (SSSR count). The van der Waals surface area contributed by atoms with Crippen LogP contribution in [0.4, 0.5) is 5.69 Å². The predicted octanol–water partition coefficient (Wildman–Crippen LogP) is 5.50. The molecular formula is C24H21BrClN3O3. The molecule has 0 saturated carbocycles. The summed E-state index contributed by atoms with van der Waals surface area (Å²) in [6.07, 6.45) is 1.42. The van der Waals surface area contributed by atoms with Crippen LogP contribution in [0.5, 0.6) is 5.75 Å². The molecule has 0 saturated heterocycles. The monoisotopic (exact) mass is 513 g/mol. The van der Waals surface area contributed by atoms with Crippen LogP contribution in [0.2, 0.25) is 5.02 Å². The minimum Gasteiger partial charge on any atom is -0.483 e. The van der Waals surface area contributed by atoms with E-state index in [4.69, 9.17) is 16.3 Å². The normalized spacial score (nSPS) is 10.8. The molecule has 0 atom stereocenters. The minimum absolute atomic E-state index is 0.194. The summed E-state index contributed by atoms with van der Waals surface area (Å²) in [7, 11) is 0. The van der Waals surface area contributed by atoms with Crippen LogP contribution >= 0.6 is 27.5 Å². The number of aryl methyl sites for hydroxylation is 2. The van der Waals surface area contributed by atoms with Crippen molar-refractivity contribution >= 4 is 51.2 Å². The number of rotatable bonds is 7. The van der Waals surface area contributed by atoms with Crippen LogP contribution in [0.25, 0.3) is 0 Å². The van der Waals surface area contributed by atoms with E-state index in [2.05, 4.69) is 31.8 Å². The molecule has 0 aliphatic heterocycles. The maximum atomic E-state index is 12.3. The Kier molecular flexibility index (Phi) is 8.03. The smallest absolute Gasteiger partial charge is 0.271 e. The summed E-state index contributed by atoms with van der Waals surface area (Å²) in [5, 5.41) is 7.26. The van der Waals surface area contributed by atoms with Gasteiger partial charge in [-0.05, 0) is 79.6 Å². The third-order valence-electron chi connectivity index (χ3n) is 4.60. The number of nitrogens with zero attached hydrogens (tertiary/aromatic N) is 1. The van der Waals surface area contributed by atoms with E-state index in [9.17, 15) is 9.59 Å². The standard InChI is InChI=1S/C24H21BrClN3O3/c1-15-3-9-21(11-16(15)2)28-23(30)14-32-22-10-8-20(26)12-18(22)13-27-29-24(31)17-4-6-19(25)7-5-17/h3-13H,14H2,1-2H3,(H,28,30)(H,29,31)/b27-13+. The average molecular weight is 515 g/mol. The van der Waals surface area contributed by atoms with E-state index in [1.807, 2.05) is 32.0 Å². The zero-order valence-corrected chi connectivity index (χ0v) is 19.8. The number of benzene rings is 3. The van der Waals surface area contributed by atoms with Gasteiger partial charge < -0.3 is 10.1 Å². The van der Waals surface area contributed by atoms with Gasteiger partial charge in [0.2, 0.25) is 0 Å². The summed E-state index contributed by atoms with van der Waals surface area (Å²) in [5.74, 6) is -0.244. The van der Waals surface area contributed by atoms with Gasteiger partial charge in [-0.1, -0.05) is 33.6 Å². The minimum atomic E-state index is -0.356. The Morgan fingerprint density at radius 2 is 1.78 bits per heavy atom. The number of halogens is 2. The van der Waals surface area contributed by atoms with Gasteiger partial charge in [-0.3, -0.25) is 9.59 Å². The molecule has 8 heteroatoms. The fourth-order valence-corrected chi connectivity index (χ4v) is 3.18. The van der Waals surface area contributed by atoms with Gasteiger partial charge in [0.1, 0.15) is 5.75 Å². The van der Waals surface area contributed by atoms with E-state index in [-0.39, 0.29) is 18.4 Å². The Morgan fingerprint density at radius 3 is 2.50 bits per heavy atom. The van der Waals surface area contributed by atoms with E-state index in [0.717, 1.165) is 15.6 Å². The van der Waals surface area contributed by atoms with E-state index < -0.39 is 0 Å². The summed E-state index contributed by atoms with van der Waals surface area (Å²) in [4.78, 5) is 24.5. The highest BCUT2D eigenvalue weighted by Gasteiger charge is 2.09. The number of anilines is 1. The molecule has 0 aliphatic rings. The lowest BCUT2D eigenvalue weighted by Gasteiger charge is -2.11. The van der Waals surface area contributed by atoms with Crippen molar-refractivity contribution in [3.63, 3.8) is 0 Å². The largest absolute Gasteiger partial charge is 0.483 e. The second kappa shape index (κ2) is 10.9. The van der Waals surface area contributed by atoms with Gasteiger partial charge in [0.05, 0.1) is 6.21 Å². The lowest BCUT2D eigenvalue weighted by atomic mass is 10.1. The molecule has 0 heterocycles. The van der Waals surface area contributed by atoms with Crippen molar-refractivity contribution in [1.29, 1.82) is 0 Å². The molecule has 0 aliphatic carbocycles. The van der Waals surface area contributed by atoms with E-state index >= 15 is 0 Å². The molecule has 0 aromatic heterocycles. The Balaban J connectivity index is 1.62. The summed E-state index contributed by atoms with van der Waals surface area (Å²) >= 11 is 9.40. The molecule has 3 aromatic rings. The third-order valence-corrected chi connectivity index (χ3v) is 5.36. The zero-order chi connectivity index (χ0) is 23.1. The van der Waals surface area contributed by atoms with Gasteiger partial charge in [-0.25, -0.2) is 5.43 Å². The van der Waals surface area contributed by atoms with Crippen molar-refractivity contribution in [3.8, 4) is 5.75 Å². The van der Waals surface area contributed by atoms with Crippen LogP contribution in [0.1, 0.15) is 27.0 Å². The number of hydrazone groups is 1. The van der Waals surface area contributed by atoms with Crippen molar-refractivity contribution in [3.05, 3.63) is 92.4 Å². The van der Waals surface area contributed by atoms with E-state index in [1.165, 1.54) is 6.21 Å². The molecular weight excluding hydrogens is 494 g/mol. The molecule has 0 unspecified atom stereocenters. The molecule has 164 valence electrons. The second-order valence-corrected chi connectivity index (χ2v) is 8.38. The number of hydrogen-bond donors (Lipinski definition) is 2. The third kappa shape index (κ3) is 6.67. The van der Waals surface area contributed by atoms with Gasteiger partial charge >= 0.3 is 0 Å². The first-order chi connectivity index (χ1) is 15.3. The maximum Gasteiger partial charge on any atom is 0.271 e. The number of carbonyl (C=O) groups excluding carboxylic acids is 2. The Bertz CT molecular complexity index is 1160. The van der Waals surface area contributed by atoms with Crippen LogP contribution in [-0.2, 0) is 4.79 Å². The lowest BCUT2D eigenvalue weighted by molar-refractivity contribution is -0.118. The van der Waals surface area contributed by atoms with Gasteiger partial charge in [-0.15, -0.1) is 0 Å². The maximum absolute atomic E-state index is 12.3. The Morgan fingerprint density at radius 1 is 1.03 bits per heavy atom. The van der Waals surface area contributed by atoms with E-state index in [0.29, 0.717) is 27.6 Å². The van der Waals surface area contributed by atoms with Crippen molar-refractivity contribution < 1.29 is 14.3 Å². The van der Waals surface area contributed by atoms with Crippen LogP contribution in [0, 0.1) is 13.8 Å². The van der Waals surface area contributed by atoms with Crippen LogP contribution in [-0.4, -0.2) is 24.6 Å². The van der Waals surface area contributed by atoms with Crippen molar-refractivity contribution in [2.45, 2.75) is 13.8 Å². The Hall–Kier alpha value is -3.16. The number of carbonyl (C=O) groups is 2. The molecule has 3 aromatic carbocycles. The van der Waals surface area contributed by atoms with Crippen molar-refractivity contribution in [2.24, 2.45) is 5.10 Å². The topological polar surface area (TPSA) is 79.8 Å². The SMILES string of the molecule is Cc1ccc(NC(=O)COc2ccc(Cl)cc2/C=N/NC(=O)c2ccc(Br)cc2)cc1C. The van der Waals surface area contributed by atoms with E-state index in [1.54, 1.807) is 42.5 Å². The predicted molar refractivity (Wildman–Crippen MR) is 131 cm³/mol. The highest BCUT2D eigenvalue weighted by atomic mass is 79.9. The molecule has 0 bridgehead atoms. The molecule has 0 radical (unpaired) electrons. The summed E-state index contributed by atoms with van der Waals surface area (Å²) in [6.45, 7) is 3.80. The van der Waals surface area contributed by atoms with Crippen LogP contribution in [0.15, 0.2) is 70.2 Å². The number of amides is 2. The number of nitrogens with one attached hydrogen (secondary N) is 2. The molecule has 6 nitrogen and oxygen atoms in total. The van der Waals surface area contributed by atoms with Crippen molar-refractivity contribution in [1.82, 2.24) is 5.43 Å². The number of hydrogen-bond acceptors (Lipinski definition) is 4. The van der Waals surface area contributed by atoms with Gasteiger partial charge in [0.15, 0.2) is 6.61 Å². The summed E-state index contributed by atoms with van der Waals surface area (Å²) < 4.78 is 6.53. The highest BCUT2D eigenvalue weighted by molar-refractivity contribution is 9.10. The molecule has 2 amide bonds. The highest BCUT2D eigenvalue weighted by Crippen LogP contribution is 2.22. The second-order valence-electron chi connectivity index (χ2n) is 7.02. The summed E-state index contributed by atoms with van der Waals surface area (Å²) in [6, 6.07) is 17.5. The average Bonchev–Trinajstić information content (AvgIpc) is 2.76. The summed E-state index contributed by atoms with van der Waals surface area (Å²) in [5.41, 5.74) is 6.39. The Labute approximate surface area is 199 Å². The first kappa shape index (κ1) is 23.5. The van der Waals surface area contributed by atoms with Crippen LogP contribution < -0.4 is 15.5 Å². The van der Waals surface area contributed by atoms with Crippen LogP contribution in [0.3, 0.4) is 0 Å². The molecule has 0 fully saturated rings. The fourth-order valence-electron chi connectivity index (χ4n) is 2.74. The van der Waals surface area contributed by atoms with Gasteiger partial charge in [0.25, 0.3) is 11.8 Å². The van der Waals surface area contributed by atoms with Crippen molar-refractivity contribution in [2.75, 3.05) is 11.9 Å². The fraction of sp³-hybridized carbons (Fsp3) is 0.125. The zero-order valence-electron chi connectivity index (χ0n) is 17.5. The van der Waals surface area contributed by atoms with Gasteiger partial charge in [-0.2, -0.15) is 5.10 Å². The molecule has 2 N–H and O–H groups in total. The lowest BCUT2D eigenvalue weighted by Crippen LogP contribution is -2.20. The first-order valence-electron chi connectivity index (χ1n) is 9.70. The van der Waals surface area contributed by atoms with Gasteiger partial charge in [0, 0.05) is 26.3 Å².